The Bertz CT molecular complexity index is 681. The zero-order valence-electron chi connectivity index (χ0n) is 15.5. The van der Waals surface area contributed by atoms with E-state index in [0.717, 1.165) is 6.42 Å². The molecule has 5 amide bonds. The normalized spacial score (nSPS) is 20.8. The third-order valence-corrected chi connectivity index (χ3v) is 5.61. The van der Waals surface area contributed by atoms with Crippen LogP contribution in [0, 0.1) is 0 Å². The van der Waals surface area contributed by atoms with E-state index < -0.39 is 5.54 Å². The molecule has 2 aliphatic heterocycles. The van der Waals surface area contributed by atoms with Crippen molar-refractivity contribution in [3.8, 4) is 0 Å². The van der Waals surface area contributed by atoms with Gasteiger partial charge in [0.15, 0.2) is 0 Å². The molecule has 3 rings (SSSR count). The molecule has 1 N–H and O–H groups in total. The fourth-order valence-electron chi connectivity index (χ4n) is 3.77. The molecule has 3 heterocycles. The molecular formula is C17H26N6O3. The van der Waals surface area contributed by atoms with Crippen LogP contribution in [-0.2, 0) is 11.3 Å². The number of nitrogens with zero attached hydrogens (tertiary/aromatic N) is 5. The van der Waals surface area contributed by atoms with Gasteiger partial charge in [0.2, 0.25) is 0 Å². The van der Waals surface area contributed by atoms with Gasteiger partial charge in [0.1, 0.15) is 5.54 Å². The lowest BCUT2D eigenvalue weighted by molar-refractivity contribution is -0.134. The molecular weight excluding hydrogens is 336 g/mol. The van der Waals surface area contributed by atoms with E-state index in [1.54, 1.807) is 24.5 Å². The molecule has 0 bridgehead atoms. The molecule has 0 unspecified atom stereocenters. The van der Waals surface area contributed by atoms with Gasteiger partial charge in [-0.2, -0.15) is 0 Å². The van der Waals surface area contributed by atoms with Gasteiger partial charge in [-0.15, -0.1) is 0 Å². The Hall–Kier alpha value is -2.58. The molecule has 0 radical (unpaired) electrons. The molecule has 1 aromatic heterocycles. The van der Waals surface area contributed by atoms with E-state index in [0.29, 0.717) is 32.5 Å². The molecule has 0 aromatic carbocycles. The SMILES string of the molecule is CC[C@H](Cn1ccnc1)NC(=O)N1CCC2(CC1)C(=O)N(C)C(=O)N2C. The van der Waals surface area contributed by atoms with E-state index >= 15 is 0 Å². The Morgan fingerprint density at radius 3 is 2.50 bits per heavy atom. The molecule has 2 aliphatic rings. The van der Waals surface area contributed by atoms with Crippen LogP contribution in [0.2, 0.25) is 0 Å². The summed E-state index contributed by atoms with van der Waals surface area (Å²) in [6, 6.07) is -0.394. The molecule has 2 saturated heterocycles. The van der Waals surface area contributed by atoms with Gasteiger partial charge in [0, 0.05) is 52.2 Å². The molecule has 0 aliphatic carbocycles. The quantitative estimate of drug-likeness (QED) is 0.800. The number of hydrogen-bond donors (Lipinski definition) is 1. The molecule has 1 atom stereocenters. The third kappa shape index (κ3) is 3.02. The number of likely N-dealkylation sites (N-methyl/N-ethyl adjacent to an activating group) is 2. The number of urea groups is 2. The van der Waals surface area contributed by atoms with Gasteiger partial charge in [-0.1, -0.05) is 6.92 Å². The molecule has 142 valence electrons. The highest BCUT2D eigenvalue weighted by molar-refractivity contribution is 6.06. The number of carbonyl (C=O) groups is 3. The monoisotopic (exact) mass is 362 g/mol. The highest BCUT2D eigenvalue weighted by Gasteiger charge is 2.55. The number of aromatic nitrogens is 2. The van der Waals surface area contributed by atoms with Crippen molar-refractivity contribution in [2.45, 2.75) is 44.3 Å². The van der Waals surface area contributed by atoms with Crippen LogP contribution in [0.25, 0.3) is 0 Å². The lowest BCUT2D eigenvalue weighted by Gasteiger charge is -2.41. The van der Waals surface area contributed by atoms with Gasteiger partial charge < -0.3 is 19.7 Å². The van der Waals surface area contributed by atoms with Crippen LogP contribution in [-0.4, -0.2) is 81.0 Å². The zero-order valence-corrected chi connectivity index (χ0v) is 15.5. The Morgan fingerprint density at radius 1 is 1.31 bits per heavy atom. The highest BCUT2D eigenvalue weighted by atomic mass is 16.2. The average molecular weight is 362 g/mol. The van der Waals surface area contributed by atoms with Gasteiger partial charge in [0.05, 0.1) is 6.33 Å². The van der Waals surface area contributed by atoms with E-state index in [9.17, 15) is 14.4 Å². The minimum absolute atomic E-state index is 0.0103. The van der Waals surface area contributed by atoms with Crippen molar-refractivity contribution in [3.63, 3.8) is 0 Å². The maximum Gasteiger partial charge on any atom is 0.327 e. The summed E-state index contributed by atoms with van der Waals surface area (Å²) in [4.78, 5) is 45.6. The molecule has 9 heteroatoms. The van der Waals surface area contributed by atoms with Crippen molar-refractivity contribution in [3.05, 3.63) is 18.7 Å². The summed E-state index contributed by atoms with van der Waals surface area (Å²) in [5.41, 5.74) is -0.802. The van der Waals surface area contributed by atoms with Crippen LogP contribution in [0.4, 0.5) is 9.59 Å². The number of imidazole rings is 1. The second kappa shape index (κ2) is 6.97. The molecule has 2 fully saturated rings. The summed E-state index contributed by atoms with van der Waals surface area (Å²) in [5, 5.41) is 3.06. The first-order valence-electron chi connectivity index (χ1n) is 8.96. The van der Waals surface area contributed by atoms with Gasteiger partial charge in [-0.05, 0) is 19.3 Å². The molecule has 9 nitrogen and oxygen atoms in total. The van der Waals surface area contributed by atoms with Crippen LogP contribution in [0.5, 0.6) is 0 Å². The number of hydrogen-bond acceptors (Lipinski definition) is 4. The summed E-state index contributed by atoms with van der Waals surface area (Å²) in [7, 11) is 3.18. The summed E-state index contributed by atoms with van der Waals surface area (Å²) in [6.07, 6.45) is 7.05. The number of nitrogens with one attached hydrogen (secondary N) is 1. The first-order chi connectivity index (χ1) is 12.4. The standard InChI is InChI=1S/C17H26N6O3/c1-4-13(11-22-10-7-18-12-22)19-15(25)23-8-5-17(6-9-23)14(24)20(2)16(26)21(17)3/h7,10,12-13H,4-6,8-9,11H2,1-3H3,(H,19,25)/t13-/m1/s1. The first-order valence-corrected chi connectivity index (χ1v) is 8.96. The van der Waals surface area contributed by atoms with E-state index in [1.807, 2.05) is 17.7 Å². The smallest absolute Gasteiger partial charge is 0.327 e. The number of rotatable bonds is 4. The number of amides is 5. The summed E-state index contributed by atoms with van der Waals surface area (Å²) in [5.74, 6) is -0.170. The number of likely N-dealkylation sites (tertiary alicyclic amines) is 1. The maximum atomic E-state index is 12.6. The lowest BCUT2D eigenvalue weighted by atomic mass is 9.86. The molecule has 1 aromatic rings. The topological polar surface area (TPSA) is 90.8 Å². The van der Waals surface area contributed by atoms with Gasteiger partial charge in [-0.3, -0.25) is 9.69 Å². The Morgan fingerprint density at radius 2 is 2.00 bits per heavy atom. The van der Waals surface area contributed by atoms with Crippen LogP contribution >= 0.6 is 0 Å². The van der Waals surface area contributed by atoms with Crippen LogP contribution in [0.3, 0.4) is 0 Å². The van der Waals surface area contributed by atoms with E-state index in [-0.39, 0.29) is 24.0 Å². The predicted octanol–water partition coefficient (Wildman–Crippen LogP) is 0.730. The first kappa shape index (κ1) is 18.2. The summed E-state index contributed by atoms with van der Waals surface area (Å²) < 4.78 is 1.94. The van der Waals surface area contributed by atoms with Crippen molar-refractivity contribution in [2.75, 3.05) is 27.2 Å². The average Bonchev–Trinajstić information content (AvgIpc) is 3.22. The van der Waals surface area contributed by atoms with Crippen molar-refractivity contribution in [1.29, 1.82) is 0 Å². The van der Waals surface area contributed by atoms with Gasteiger partial charge in [-0.25, -0.2) is 14.6 Å². The molecule has 0 saturated carbocycles. The third-order valence-electron chi connectivity index (χ3n) is 5.61. The Kier molecular flexibility index (Phi) is 4.88. The highest BCUT2D eigenvalue weighted by Crippen LogP contribution is 2.35. The summed E-state index contributed by atoms with van der Waals surface area (Å²) in [6.45, 7) is 3.59. The maximum absolute atomic E-state index is 12.6. The second-order valence-electron chi connectivity index (χ2n) is 7.04. The van der Waals surface area contributed by atoms with Crippen molar-refractivity contribution < 1.29 is 14.4 Å². The van der Waals surface area contributed by atoms with Crippen LogP contribution < -0.4 is 5.32 Å². The van der Waals surface area contributed by atoms with Crippen molar-refractivity contribution in [1.82, 2.24) is 29.6 Å². The molecule has 1 spiro atoms. The van der Waals surface area contributed by atoms with E-state index in [1.165, 1.54) is 16.8 Å². The zero-order chi connectivity index (χ0) is 18.9. The predicted molar refractivity (Wildman–Crippen MR) is 94.3 cm³/mol. The fourth-order valence-corrected chi connectivity index (χ4v) is 3.77. The number of carbonyl (C=O) groups excluding carboxylic acids is 3. The number of imide groups is 1. The summed E-state index contributed by atoms with van der Waals surface area (Å²) >= 11 is 0. The van der Waals surface area contributed by atoms with Crippen molar-refractivity contribution >= 4 is 18.0 Å². The van der Waals surface area contributed by atoms with Gasteiger partial charge >= 0.3 is 12.1 Å². The van der Waals surface area contributed by atoms with Crippen LogP contribution in [0.1, 0.15) is 26.2 Å². The minimum atomic E-state index is -0.802. The second-order valence-corrected chi connectivity index (χ2v) is 7.04. The largest absolute Gasteiger partial charge is 0.335 e. The lowest BCUT2D eigenvalue weighted by Crippen LogP contribution is -2.58. The molecule has 26 heavy (non-hydrogen) atoms. The van der Waals surface area contributed by atoms with E-state index in [2.05, 4.69) is 10.3 Å². The Labute approximate surface area is 152 Å². The van der Waals surface area contributed by atoms with E-state index in [4.69, 9.17) is 0 Å². The minimum Gasteiger partial charge on any atom is -0.335 e. The van der Waals surface area contributed by atoms with Crippen LogP contribution in [0.15, 0.2) is 18.7 Å². The number of piperidine rings is 1. The Balaban J connectivity index is 1.58. The van der Waals surface area contributed by atoms with Gasteiger partial charge in [0.25, 0.3) is 5.91 Å². The fraction of sp³-hybridized carbons (Fsp3) is 0.647. The van der Waals surface area contributed by atoms with Crippen molar-refractivity contribution in [2.24, 2.45) is 0 Å².